The number of amides is 1. The molecule has 110 valence electrons. The van der Waals surface area contributed by atoms with E-state index in [0.717, 1.165) is 25.9 Å². The van der Waals surface area contributed by atoms with Crippen LogP contribution in [0.5, 0.6) is 0 Å². The van der Waals surface area contributed by atoms with Crippen molar-refractivity contribution in [3.8, 4) is 0 Å². The molecule has 0 aliphatic carbocycles. The summed E-state index contributed by atoms with van der Waals surface area (Å²) in [7, 11) is 0. The van der Waals surface area contributed by atoms with Crippen molar-refractivity contribution in [2.24, 2.45) is 5.41 Å². The van der Waals surface area contributed by atoms with Gasteiger partial charge in [0.25, 0.3) is 0 Å². The Labute approximate surface area is 118 Å². The molecule has 0 aromatic heterocycles. The number of piperidine rings is 1. The van der Waals surface area contributed by atoms with Crippen LogP contribution < -0.4 is 0 Å². The van der Waals surface area contributed by atoms with E-state index in [-0.39, 0.29) is 23.0 Å². The van der Waals surface area contributed by atoms with Gasteiger partial charge < -0.3 is 9.64 Å². The van der Waals surface area contributed by atoms with Crippen LogP contribution in [0.1, 0.15) is 54.4 Å². The topological polar surface area (TPSA) is 29.5 Å². The molecular weight excluding hydrogens is 238 g/mol. The lowest BCUT2D eigenvalue weighted by Crippen LogP contribution is -2.42. The zero-order valence-electron chi connectivity index (χ0n) is 13.3. The number of ether oxygens (including phenoxy) is 1. The third-order valence-electron chi connectivity index (χ3n) is 3.00. The van der Waals surface area contributed by atoms with Crippen molar-refractivity contribution in [3.05, 3.63) is 12.2 Å². The van der Waals surface area contributed by atoms with Crippen LogP contribution in [-0.2, 0) is 9.53 Å². The van der Waals surface area contributed by atoms with Gasteiger partial charge in [-0.25, -0.2) is 0 Å². The molecule has 3 heteroatoms. The molecule has 1 amide bonds. The number of nitrogens with zero attached hydrogens (tertiary/aromatic N) is 1. The Morgan fingerprint density at radius 2 is 1.63 bits per heavy atom. The third-order valence-corrected chi connectivity index (χ3v) is 3.00. The number of rotatable bonds is 2. The normalized spacial score (nSPS) is 19.2. The van der Waals surface area contributed by atoms with E-state index < -0.39 is 0 Å². The monoisotopic (exact) mass is 267 g/mol. The molecule has 1 rings (SSSR count). The molecule has 0 saturated carbocycles. The smallest absolute Gasteiger partial charge is 0.246 e. The van der Waals surface area contributed by atoms with Crippen molar-refractivity contribution < 1.29 is 9.53 Å². The molecule has 0 aromatic carbocycles. The molecule has 1 aliphatic heterocycles. The average molecular weight is 267 g/mol. The van der Waals surface area contributed by atoms with E-state index >= 15 is 0 Å². The molecule has 0 N–H and O–H groups in total. The van der Waals surface area contributed by atoms with Crippen LogP contribution in [0.4, 0.5) is 0 Å². The lowest BCUT2D eigenvalue weighted by atomic mass is 9.96. The highest BCUT2D eigenvalue weighted by Gasteiger charge is 2.25. The maximum absolute atomic E-state index is 12.0. The summed E-state index contributed by atoms with van der Waals surface area (Å²) in [6, 6.07) is 0. The zero-order valence-corrected chi connectivity index (χ0v) is 13.3. The highest BCUT2D eigenvalue weighted by atomic mass is 16.5. The molecule has 1 heterocycles. The second-order valence-corrected chi connectivity index (χ2v) is 7.45. The lowest BCUT2D eigenvalue weighted by molar-refractivity contribution is -0.131. The van der Waals surface area contributed by atoms with Crippen molar-refractivity contribution in [2.75, 3.05) is 13.1 Å². The van der Waals surface area contributed by atoms with Crippen LogP contribution in [0.2, 0.25) is 0 Å². The first-order valence-electron chi connectivity index (χ1n) is 7.23. The maximum atomic E-state index is 12.0. The second-order valence-electron chi connectivity index (χ2n) is 7.45. The van der Waals surface area contributed by atoms with Gasteiger partial charge in [0.05, 0.1) is 11.7 Å². The van der Waals surface area contributed by atoms with Gasteiger partial charge in [0.1, 0.15) is 0 Å². The minimum Gasteiger partial charge on any atom is -0.372 e. The van der Waals surface area contributed by atoms with Gasteiger partial charge in [-0.05, 0) is 45.1 Å². The summed E-state index contributed by atoms with van der Waals surface area (Å²) in [5, 5.41) is 0. The lowest BCUT2D eigenvalue weighted by Gasteiger charge is -2.35. The van der Waals surface area contributed by atoms with Gasteiger partial charge in [-0.2, -0.15) is 0 Å². The van der Waals surface area contributed by atoms with Crippen molar-refractivity contribution in [3.63, 3.8) is 0 Å². The summed E-state index contributed by atoms with van der Waals surface area (Å²) in [6.45, 7) is 14.1. The summed E-state index contributed by atoms with van der Waals surface area (Å²) < 4.78 is 5.96. The molecule has 1 saturated heterocycles. The average Bonchev–Trinajstić information content (AvgIpc) is 2.23. The van der Waals surface area contributed by atoms with Crippen LogP contribution in [0.15, 0.2) is 12.2 Å². The first kappa shape index (κ1) is 16.2. The minimum atomic E-state index is -0.0943. The van der Waals surface area contributed by atoms with Crippen LogP contribution in [0, 0.1) is 5.41 Å². The summed E-state index contributed by atoms with van der Waals surface area (Å²) in [5.74, 6) is 0.129. The van der Waals surface area contributed by atoms with E-state index in [1.54, 1.807) is 6.08 Å². The molecule has 0 aromatic rings. The van der Waals surface area contributed by atoms with Crippen LogP contribution in [0.3, 0.4) is 0 Å². The Morgan fingerprint density at radius 1 is 1.11 bits per heavy atom. The summed E-state index contributed by atoms with van der Waals surface area (Å²) >= 11 is 0. The van der Waals surface area contributed by atoms with Gasteiger partial charge in [-0.15, -0.1) is 0 Å². The van der Waals surface area contributed by atoms with Crippen molar-refractivity contribution in [1.82, 2.24) is 4.90 Å². The van der Waals surface area contributed by atoms with E-state index in [2.05, 4.69) is 41.5 Å². The molecular formula is C16H29NO2. The van der Waals surface area contributed by atoms with Gasteiger partial charge >= 0.3 is 0 Å². The van der Waals surface area contributed by atoms with Crippen LogP contribution >= 0.6 is 0 Å². The summed E-state index contributed by atoms with van der Waals surface area (Å²) in [4.78, 5) is 14.0. The molecule has 0 bridgehead atoms. The Hall–Kier alpha value is -0.830. The highest BCUT2D eigenvalue weighted by molar-refractivity contribution is 5.87. The minimum absolute atomic E-state index is 0.0589. The second kappa shape index (κ2) is 6.08. The van der Waals surface area contributed by atoms with Crippen molar-refractivity contribution in [2.45, 2.75) is 66.1 Å². The number of allylic oxidation sites excluding steroid dienone is 1. The Balaban J connectivity index is 2.42. The van der Waals surface area contributed by atoms with Gasteiger partial charge in [-0.1, -0.05) is 26.8 Å². The first-order valence-corrected chi connectivity index (χ1v) is 7.23. The standard InChI is InChI=1S/C16H29NO2/c1-15(2,3)10-7-14(18)17-11-8-13(9-12-17)19-16(4,5)6/h7,10,13H,8-9,11-12H2,1-6H3. The number of hydrogen-bond donors (Lipinski definition) is 0. The molecule has 0 unspecified atom stereocenters. The molecule has 1 fully saturated rings. The van der Waals surface area contributed by atoms with Crippen LogP contribution in [-0.4, -0.2) is 35.6 Å². The number of carbonyl (C=O) groups excluding carboxylic acids is 1. The van der Waals surface area contributed by atoms with Gasteiger partial charge in [0.2, 0.25) is 5.91 Å². The van der Waals surface area contributed by atoms with E-state index in [1.807, 2.05) is 11.0 Å². The molecule has 0 atom stereocenters. The van der Waals surface area contributed by atoms with E-state index in [0.29, 0.717) is 0 Å². The summed E-state index contributed by atoms with van der Waals surface area (Å²) in [5.41, 5.74) is -0.0354. The molecule has 3 nitrogen and oxygen atoms in total. The molecule has 19 heavy (non-hydrogen) atoms. The fourth-order valence-corrected chi connectivity index (χ4v) is 2.12. The van der Waals surface area contributed by atoms with E-state index in [1.165, 1.54) is 0 Å². The number of hydrogen-bond acceptors (Lipinski definition) is 2. The quantitative estimate of drug-likeness (QED) is 0.718. The van der Waals surface area contributed by atoms with Crippen LogP contribution in [0.25, 0.3) is 0 Å². The third kappa shape index (κ3) is 6.76. The maximum Gasteiger partial charge on any atom is 0.246 e. The largest absolute Gasteiger partial charge is 0.372 e. The van der Waals surface area contributed by atoms with Gasteiger partial charge in [-0.3, -0.25) is 4.79 Å². The zero-order chi connectivity index (χ0) is 14.7. The van der Waals surface area contributed by atoms with E-state index in [4.69, 9.17) is 4.74 Å². The predicted molar refractivity (Wildman–Crippen MR) is 79.0 cm³/mol. The predicted octanol–water partition coefficient (Wildman–Crippen LogP) is 3.39. The summed E-state index contributed by atoms with van der Waals surface area (Å²) in [6.07, 6.45) is 5.85. The fraction of sp³-hybridized carbons (Fsp3) is 0.812. The molecule has 1 aliphatic rings. The molecule has 0 spiro atoms. The van der Waals surface area contributed by atoms with Crippen molar-refractivity contribution in [1.29, 1.82) is 0 Å². The number of carbonyl (C=O) groups is 1. The number of likely N-dealkylation sites (tertiary alicyclic amines) is 1. The fourth-order valence-electron chi connectivity index (χ4n) is 2.12. The van der Waals surface area contributed by atoms with E-state index in [9.17, 15) is 4.79 Å². The van der Waals surface area contributed by atoms with Gasteiger partial charge in [0.15, 0.2) is 0 Å². The highest BCUT2D eigenvalue weighted by Crippen LogP contribution is 2.21. The molecule has 0 radical (unpaired) electrons. The Morgan fingerprint density at radius 3 is 2.05 bits per heavy atom. The SMILES string of the molecule is CC(C)(C)C=CC(=O)N1CCC(OC(C)(C)C)CC1. The Kier molecular flexibility index (Phi) is 5.19. The van der Waals surface area contributed by atoms with Crippen molar-refractivity contribution >= 4 is 5.91 Å². The first-order chi connectivity index (χ1) is 8.57. The van der Waals surface area contributed by atoms with Gasteiger partial charge in [0, 0.05) is 13.1 Å². The Bertz CT molecular complexity index is 326.